The van der Waals surface area contributed by atoms with E-state index in [0.29, 0.717) is 18.8 Å². The molecule has 5 nitrogen and oxygen atoms in total. The molecule has 0 radical (unpaired) electrons. The van der Waals surface area contributed by atoms with Crippen LogP contribution in [0.5, 0.6) is 0 Å². The van der Waals surface area contributed by atoms with Crippen LogP contribution in [0.15, 0.2) is 11.1 Å². The summed E-state index contributed by atoms with van der Waals surface area (Å²) in [4.78, 5) is 0.265. The van der Waals surface area contributed by atoms with Gasteiger partial charge in [0.15, 0.2) is 0 Å². The predicted molar refractivity (Wildman–Crippen MR) is 53.4 cm³/mol. The van der Waals surface area contributed by atoms with Crippen molar-refractivity contribution in [1.82, 2.24) is 14.5 Å². The molecule has 0 spiro atoms. The smallest absolute Gasteiger partial charge is 0.246 e. The van der Waals surface area contributed by atoms with Crippen molar-refractivity contribution < 1.29 is 8.42 Å². The summed E-state index contributed by atoms with van der Waals surface area (Å²) in [6, 6.07) is 0. The van der Waals surface area contributed by atoms with Gasteiger partial charge in [-0.05, 0) is 6.92 Å². The summed E-state index contributed by atoms with van der Waals surface area (Å²) in [6.45, 7) is 6.28. The lowest BCUT2D eigenvalue weighted by atomic mass is 10.5. The fourth-order valence-corrected chi connectivity index (χ4v) is 2.88. The monoisotopic (exact) mass is 217 g/mol. The van der Waals surface area contributed by atoms with Gasteiger partial charge in [0, 0.05) is 13.1 Å². The largest absolute Gasteiger partial charge is 0.281 e. The molecular weight excluding hydrogens is 202 g/mol. The van der Waals surface area contributed by atoms with Gasteiger partial charge in [-0.2, -0.15) is 9.40 Å². The van der Waals surface area contributed by atoms with E-state index in [4.69, 9.17) is 0 Å². The second-order valence-corrected chi connectivity index (χ2v) is 4.85. The van der Waals surface area contributed by atoms with Crippen molar-refractivity contribution >= 4 is 10.0 Å². The number of hydrogen-bond acceptors (Lipinski definition) is 3. The van der Waals surface area contributed by atoms with Gasteiger partial charge in [-0.1, -0.05) is 13.8 Å². The maximum atomic E-state index is 11.9. The SMILES string of the molecule is CCN(CC)S(=O)(=O)c1cn[nH]c1C. The fraction of sp³-hybridized carbons (Fsp3) is 0.625. The summed E-state index contributed by atoms with van der Waals surface area (Å²) >= 11 is 0. The van der Waals surface area contributed by atoms with Crippen molar-refractivity contribution in [2.75, 3.05) is 13.1 Å². The van der Waals surface area contributed by atoms with Crippen molar-refractivity contribution in [2.24, 2.45) is 0 Å². The first-order valence-electron chi connectivity index (χ1n) is 4.54. The van der Waals surface area contributed by atoms with Gasteiger partial charge in [0.05, 0.1) is 11.9 Å². The zero-order valence-corrected chi connectivity index (χ0v) is 9.43. The van der Waals surface area contributed by atoms with Crippen LogP contribution in [0.25, 0.3) is 0 Å². The number of rotatable bonds is 4. The second kappa shape index (κ2) is 4.10. The van der Waals surface area contributed by atoms with Crippen molar-refractivity contribution in [1.29, 1.82) is 0 Å². The van der Waals surface area contributed by atoms with E-state index < -0.39 is 10.0 Å². The van der Waals surface area contributed by atoms with E-state index in [1.165, 1.54) is 10.5 Å². The number of aryl methyl sites for hydroxylation is 1. The molecule has 0 unspecified atom stereocenters. The molecule has 0 atom stereocenters. The maximum absolute atomic E-state index is 11.9. The van der Waals surface area contributed by atoms with Crippen LogP contribution in [0, 0.1) is 6.92 Å². The summed E-state index contributed by atoms with van der Waals surface area (Å²) in [5.41, 5.74) is 0.580. The summed E-state index contributed by atoms with van der Waals surface area (Å²) in [5.74, 6) is 0. The summed E-state index contributed by atoms with van der Waals surface area (Å²) in [7, 11) is -3.35. The Morgan fingerprint density at radius 1 is 1.43 bits per heavy atom. The molecular formula is C8H15N3O2S. The lowest BCUT2D eigenvalue weighted by molar-refractivity contribution is 0.445. The number of aromatic nitrogens is 2. The molecule has 0 saturated heterocycles. The minimum absolute atomic E-state index is 0.265. The van der Waals surface area contributed by atoms with E-state index in [9.17, 15) is 8.42 Å². The lowest BCUT2D eigenvalue weighted by Crippen LogP contribution is -2.30. The molecule has 1 N–H and O–H groups in total. The fourth-order valence-electron chi connectivity index (χ4n) is 1.30. The molecule has 0 saturated carbocycles. The highest BCUT2D eigenvalue weighted by atomic mass is 32.2. The van der Waals surface area contributed by atoms with Crippen LogP contribution in [-0.4, -0.2) is 36.0 Å². The summed E-state index contributed by atoms with van der Waals surface area (Å²) < 4.78 is 25.3. The van der Waals surface area contributed by atoms with E-state index >= 15 is 0 Å². The molecule has 0 aliphatic rings. The van der Waals surface area contributed by atoms with E-state index in [1.54, 1.807) is 6.92 Å². The quantitative estimate of drug-likeness (QED) is 0.809. The Balaban J connectivity index is 3.14. The molecule has 1 aromatic rings. The first-order chi connectivity index (χ1) is 6.54. The van der Waals surface area contributed by atoms with Gasteiger partial charge in [0.25, 0.3) is 0 Å². The summed E-state index contributed by atoms with van der Waals surface area (Å²) in [6.07, 6.45) is 1.35. The zero-order chi connectivity index (χ0) is 10.8. The Morgan fingerprint density at radius 2 is 2.00 bits per heavy atom. The van der Waals surface area contributed by atoms with Crippen LogP contribution >= 0.6 is 0 Å². The second-order valence-electron chi connectivity index (χ2n) is 2.95. The normalized spacial score (nSPS) is 12.3. The molecule has 0 aliphatic carbocycles. The Kier molecular flexibility index (Phi) is 3.28. The highest BCUT2D eigenvalue weighted by Crippen LogP contribution is 2.16. The molecule has 6 heteroatoms. The predicted octanol–water partition coefficient (Wildman–Crippen LogP) is 0.749. The van der Waals surface area contributed by atoms with Crippen LogP contribution in [0.1, 0.15) is 19.5 Å². The third-order valence-electron chi connectivity index (χ3n) is 2.11. The maximum Gasteiger partial charge on any atom is 0.246 e. The topological polar surface area (TPSA) is 66.1 Å². The molecule has 0 aliphatic heterocycles. The van der Waals surface area contributed by atoms with Gasteiger partial charge in [-0.3, -0.25) is 5.10 Å². The number of aromatic amines is 1. The number of hydrogen-bond donors (Lipinski definition) is 1. The number of H-pyrrole nitrogens is 1. The van der Waals surface area contributed by atoms with E-state index in [1.807, 2.05) is 13.8 Å². The Bertz CT molecular complexity index is 392. The third kappa shape index (κ3) is 1.80. The first-order valence-corrected chi connectivity index (χ1v) is 5.98. The molecule has 14 heavy (non-hydrogen) atoms. The van der Waals surface area contributed by atoms with Crippen molar-refractivity contribution in [3.63, 3.8) is 0 Å². The average Bonchev–Trinajstić information content (AvgIpc) is 2.53. The van der Waals surface area contributed by atoms with Crippen molar-refractivity contribution in [3.8, 4) is 0 Å². The molecule has 80 valence electrons. The number of sulfonamides is 1. The van der Waals surface area contributed by atoms with Gasteiger partial charge < -0.3 is 0 Å². The van der Waals surface area contributed by atoms with Crippen molar-refractivity contribution in [2.45, 2.75) is 25.7 Å². The zero-order valence-electron chi connectivity index (χ0n) is 8.61. The highest BCUT2D eigenvalue weighted by Gasteiger charge is 2.24. The average molecular weight is 217 g/mol. The lowest BCUT2D eigenvalue weighted by Gasteiger charge is -2.17. The van der Waals surface area contributed by atoms with Crippen LogP contribution in [0.3, 0.4) is 0 Å². The van der Waals surface area contributed by atoms with E-state index in [0.717, 1.165) is 0 Å². The molecule has 1 heterocycles. The molecule has 0 amide bonds. The van der Waals surface area contributed by atoms with E-state index in [2.05, 4.69) is 10.2 Å². The standard InChI is InChI=1S/C8H15N3O2S/c1-4-11(5-2)14(12,13)8-6-9-10-7(8)3/h6H,4-5H2,1-3H3,(H,9,10). The Hall–Kier alpha value is -0.880. The van der Waals surface area contributed by atoms with Gasteiger partial charge in [0.2, 0.25) is 10.0 Å². The third-order valence-corrected chi connectivity index (χ3v) is 4.27. The molecule has 1 rings (SSSR count). The van der Waals surface area contributed by atoms with E-state index in [-0.39, 0.29) is 4.90 Å². The van der Waals surface area contributed by atoms with Crippen LogP contribution in [0.4, 0.5) is 0 Å². The first kappa shape index (κ1) is 11.2. The van der Waals surface area contributed by atoms with Crippen LogP contribution in [-0.2, 0) is 10.0 Å². The van der Waals surface area contributed by atoms with Gasteiger partial charge in [-0.25, -0.2) is 8.42 Å². The molecule has 0 fully saturated rings. The Morgan fingerprint density at radius 3 is 2.36 bits per heavy atom. The van der Waals surface area contributed by atoms with Gasteiger partial charge >= 0.3 is 0 Å². The minimum atomic E-state index is -3.35. The van der Waals surface area contributed by atoms with Gasteiger partial charge in [-0.15, -0.1) is 0 Å². The summed E-state index contributed by atoms with van der Waals surface area (Å²) in [5, 5.41) is 6.33. The molecule has 0 aromatic carbocycles. The number of nitrogens with one attached hydrogen (secondary N) is 1. The highest BCUT2D eigenvalue weighted by molar-refractivity contribution is 7.89. The van der Waals surface area contributed by atoms with Gasteiger partial charge in [0.1, 0.15) is 4.90 Å². The van der Waals surface area contributed by atoms with Crippen LogP contribution < -0.4 is 0 Å². The number of nitrogens with zero attached hydrogens (tertiary/aromatic N) is 2. The molecule has 0 bridgehead atoms. The molecule has 1 aromatic heterocycles. The Labute approximate surface area is 84.2 Å². The minimum Gasteiger partial charge on any atom is -0.281 e. The van der Waals surface area contributed by atoms with Crippen LogP contribution in [0.2, 0.25) is 0 Å². The van der Waals surface area contributed by atoms with Crippen molar-refractivity contribution in [3.05, 3.63) is 11.9 Å².